The Morgan fingerprint density at radius 1 is 1.27 bits per heavy atom. The Balaban J connectivity index is 0.000000980. The van der Waals surface area contributed by atoms with Gasteiger partial charge in [-0.1, -0.05) is 36.9 Å². The van der Waals surface area contributed by atoms with E-state index in [9.17, 15) is 4.79 Å². The van der Waals surface area contributed by atoms with Gasteiger partial charge in [-0.15, -0.1) is 0 Å². The van der Waals surface area contributed by atoms with E-state index >= 15 is 0 Å². The van der Waals surface area contributed by atoms with Crippen LogP contribution in [-0.4, -0.2) is 43.5 Å². The standard InChI is InChI=1S/C15H22N2O.C2H4O2/c1-4-15(18)16-11-8-12-17(2,3)13-14-9-6-5-7-10-14;1-2(3)4/h4-7,9-10H,1,8,11-13H2,2-3H3;1H3,(H,3,4). The van der Waals surface area contributed by atoms with Crippen molar-refractivity contribution in [2.24, 2.45) is 0 Å². The molecule has 0 bridgehead atoms. The van der Waals surface area contributed by atoms with Crippen molar-refractivity contribution in [3.05, 3.63) is 48.6 Å². The van der Waals surface area contributed by atoms with Crippen LogP contribution in [0.1, 0.15) is 18.9 Å². The lowest BCUT2D eigenvalue weighted by Crippen LogP contribution is -2.40. The summed E-state index contributed by atoms with van der Waals surface area (Å²) >= 11 is 0. The molecule has 5 nitrogen and oxygen atoms in total. The molecule has 22 heavy (non-hydrogen) atoms. The quantitative estimate of drug-likeness (QED) is 0.458. The Labute approximate surface area is 132 Å². The summed E-state index contributed by atoms with van der Waals surface area (Å²) < 4.78 is 0.925. The van der Waals surface area contributed by atoms with E-state index < -0.39 is 5.97 Å². The van der Waals surface area contributed by atoms with Crippen LogP contribution in [0, 0.1) is 0 Å². The van der Waals surface area contributed by atoms with Gasteiger partial charge in [0.15, 0.2) is 0 Å². The highest BCUT2D eigenvalue weighted by molar-refractivity contribution is 5.86. The van der Waals surface area contributed by atoms with Crippen molar-refractivity contribution in [1.29, 1.82) is 0 Å². The first-order chi connectivity index (χ1) is 10.3. The zero-order chi connectivity index (χ0) is 17.0. The van der Waals surface area contributed by atoms with Crippen LogP contribution in [0.25, 0.3) is 0 Å². The highest BCUT2D eigenvalue weighted by atomic mass is 16.4. The highest BCUT2D eigenvalue weighted by Gasteiger charge is 2.15. The van der Waals surface area contributed by atoms with Crippen LogP contribution in [-0.2, 0) is 16.1 Å². The number of rotatable bonds is 7. The molecule has 0 aliphatic heterocycles. The van der Waals surface area contributed by atoms with Crippen molar-refractivity contribution >= 4 is 11.9 Å². The molecular formula is C17H26N2O3. The van der Waals surface area contributed by atoms with Gasteiger partial charge >= 0.3 is 0 Å². The molecule has 0 heterocycles. The molecule has 0 radical (unpaired) electrons. The summed E-state index contributed by atoms with van der Waals surface area (Å²) in [5.74, 6) is -1.18. The van der Waals surface area contributed by atoms with Gasteiger partial charge in [-0.2, -0.15) is 0 Å². The smallest absolute Gasteiger partial charge is 0.243 e. The second-order valence-electron chi connectivity index (χ2n) is 5.64. The molecule has 0 unspecified atom stereocenters. The number of carboxylic acid groups (broad SMARTS) is 1. The van der Waals surface area contributed by atoms with Crippen molar-refractivity contribution in [2.75, 3.05) is 27.2 Å². The number of aliphatic carboxylic acids is 1. The number of nitrogens with one attached hydrogen (secondary N) is 1. The monoisotopic (exact) mass is 306 g/mol. The molecule has 1 rings (SSSR count). The first-order valence-electron chi connectivity index (χ1n) is 7.20. The Hall–Kier alpha value is -2.14. The average molecular weight is 306 g/mol. The van der Waals surface area contributed by atoms with Crippen LogP contribution < -0.4 is 10.4 Å². The van der Waals surface area contributed by atoms with E-state index in [1.807, 2.05) is 6.07 Å². The van der Waals surface area contributed by atoms with Gasteiger partial charge in [0, 0.05) is 24.5 Å². The molecule has 0 saturated heterocycles. The minimum absolute atomic E-state index is 0.0941. The Morgan fingerprint density at radius 2 is 1.82 bits per heavy atom. The maximum absolute atomic E-state index is 11.0. The van der Waals surface area contributed by atoms with Gasteiger partial charge in [-0.3, -0.25) is 4.79 Å². The summed E-state index contributed by atoms with van der Waals surface area (Å²) in [7, 11) is 4.42. The molecular weight excluding hydrogens is 280 g/mol. The highest BCUT2D eigenvalue weighted by Crippen LogP contribution is 2.09. The molecule has 0 atom stereocenters. The number of carbonyl (C=O) groups is 2. The van der Waals surface area contributed by atoms with Gasteiger partial charge in [0.25, 0.3) is 0 Å². The summed E-state index contributed by atoms with van der Waals surface area (Å²) in [6.07, 6.45) is 2.28. The lowest BCUT2D eigenvalue weighted by Gasteiger charge is -2.30. The molecule has 5 heteroatoms. The molecule has 1 N–H and O–H groups in total. The summed E-state index contributed by atoms with van der Waals surface area (Å²) in [4.78, 5) is 19.9. The maximum Gasteiger partial charge on any atom is 0.243 e. The Kier molecular flexibility index (Phi) is 9.54. The van der Waals surface area contributed by atoms with E-state index in [2.05, 4.69) is 50.3 Å². The fourth-order valence-corrected chi connectivity index (χ4v) is 1.95. The van der Waals surface area contributed by atoms with Crippen LogP contribution >= 0.6 is 0 Å². The molecule has 122 valence electrons. The predicted octanol–water partition coefficient (Wildman–Crippen LogP) is 0.712. The van der Waals surface area contributed by atoms with Crippen LogP contribution in [0.4, 0.5) is 0 Å². The third-order valence-electron chi connectivity index (χ3n) is 2.88. The summed E-state index contributed by atoms with van der Waals surface area (Å²) in [5, 5.41) is 11.7. The zero-order valence-electron chi connectivity index (χ0n) is 13.7. The fourth-order valence-electron chi connectivity index (χ4n) is 1.95. The molecule has 1 aromatic rings. The SMILES string of the molecule is C=CC(=O)NCCC[N+](C)(C)Cc1ccccc1.CC(=O)[O-]. The van der Waals surface area contributed by atoms with Crippen LogP contribution in [0.5, 0.6) is 0 Å². The van der Waals surface area contributed by atoms with Crippen LogP contribution in [0.3, 0.4) is 0 Å². The average Bonchev–Trinajstić information content (AvgIpc) is 2.43. The summed E-state index contributed by atoms with van der Waals surface area (Å²) in [6, 6.07) is 10.5. The molecule has 0 aromatic heterocycles. The number of nitrogens with zero attached hydrogens (tertiary/aromatic N) is 1. The first kappa shape index (κ1) is 19.9. The zero-order valence-corrected chi connectivity index (χ0v) is 13.7. The number of hydrogen-bond donors (Lipinski definition) is 1. The van der Waals surface area contributed by atoms with Gasteiger partial charge < -0.3 is 19.7 Å². The third kappa shape index (κ3) is 11.7. The molecule has 0 aliphatic carbocycles. The van der Waals surface area contributed by atoms with Crippen molar-refractivity contribution < 1.29 is 19.2 Å². The first-order valence-corrected chi connectivity index (χ1v) is 7.20. The van der Waals surface area contributed by atoms with E-state index in [-0.39, 0.29) is 5.91 Å². The lowest BCUT2D eigenvalue weighted by molar-refractivity contribution is -0.903. The van der Waals surface area contributed by atoms with Gasteiger partial charge in [0.2, 0.25) is 5.91 Å². The lowest BCUT2D eigenvalue weighted by atomic mass is 10.2. The second kappa shape index (κ2) is 10.6. The molecule has 0 saturated carbocycles. The van der Waals surface area contributed by atoms with Gasteiger partial charge in [0.05, 0.1) is 20.6 Å². The largest absolute Gasteiger partial charge is 0.550 e. The Bertz CT molecular complexity index is 466. The molecule has 1 amide bonds. The van der Waals surface area contributed by atoms with E-state index in [1.54, 1.807) is 0 Å². The molecule has 0 aliphatic rings. The number of benzene rings is 1. The molecule has 1 aromatic carbocycles. The number of hydrogen-bond acceptors (Lipinski definition) is 3. The van der Waals surface area contributed by atoms with Crippen molar-refractivity contribution in [1.82, 2.24) is 5.32 Å². The minimum atomic E-state index is -1.08. The number of amides is 1. The maximum atomic E-state index is 11.0. The van der Waals surface area contributed by atoms with E-state index in [0.717, 1.165) is 30.9 Å². The number of carbonyl (C=O) groups excluding carboxylic acids is 2. The Morgan fingerprint density at radius 3 is 2.32 bits per heavy atom. The second-order valence-corrected chi connectivity index (χ2v) is 5.64. The normalized spacial score (nSPS) is 10.1. The van der Waals surface area contributed by atoms with E-state index in [0.29, 0.717) is 6.54 Å². The van der Waals surface area contributed by atoms with Crippen molar-refractivity contribution in [3.8, 4) is 0 Å². The topological polar surface area (TPSA) is 69.2 Å². The van der Waals surface area contributed by atoms with E-state index in [1.165, 1.54) is 11.6 Å². The van der Waals surface area contributed by atoms with Crippen LogP contribution in [0.15, 0.2) is 43.0 Å². The van der Waals surface area contributed by atoms with Crippen LogP contribution in [0.2, 0.25) is 0 Å². The van der Waals surface area contributed by atoms with E-state index in [4.69, 9.17) is 9.90 Å². The molecule has 0 spiro atoms. The fraction of sp³-hybridized carbons (Fsp3) is 0.412. The van der Waals surface area contributed by atoms with Gasteiger partial charge in [-0.05, 0) is 13.0 Å². The van der Waals surface area contributed by atoms with Gasteiger partial charge in [-0.25, -0.2) is 0 Å². The minimum Gasteiger partial charge on any atom is -0.550 e. The van der Waals surface area contributed by atoms with Crippen molar-refractivity contribution in [3.63, 3.8) is 0 Å². The number of quaternary nitrogens is 1. The predicted molar refractivity (Wildman–Crippen MR) is 85.6 cm³/mol. The number of carboxylic acids is 1. The molecule has 0 fully saturated rings. The van der Waals surface area contributed by atoms with Crippen molar-refractivity contribution in [2.45, 2.75) is 19.9 Å². The third-order valence-corrected chi connectivity index (χ3v) is 2.88. The summed E-state index contributed by atoms with van der Waals surface area (Å²) in [5.41, 5.74) is 1.35. The summed E-state index contributed by atoms with van der Waals surface area (Å²) in [6.45, 7) is 7.15. The van der Waals surface area contributed by atoms with Gasteiger partial charge in [0.1, 0.15) is 6.54 Å².